The smallest absolute Gasteiger partial charge is 0.308 e. The Morgan fingerprint density at radius 2 is 2.18 bits per heavy atom. The minimum absolute atomic E-state index is 0.0388. The van der Waals surface area contributed by atoms with Crippen LogP contribution in [0.15, 0.2) is 12.3 Å². The second kappa shape index (κ2) is 9.05. The first-order chi connectivity index (χ1) is 8.06. The number of nitrogens with one attached hydrogen (secondary N) is 1. The fourth-order valence-electron chi connectivity index (χ4n) is 1.69. The molecule has 0 radical (unpaired) electrons. The van der Waals surface area contributed by atoms with E-state index in [-0.39, 0.29) is 17.8 Å². The standard InChI is InChI=1S/C13H26N2O2/c1-5-12(13(16)17-4)9-10(2)11(3)15-8-6-7-14/h10,12,15H,3,5-9,14H2,1-2,4H3. The first-order valence-corrected chi connectivity index (χ1v) is 6.27. The molecule has 0 saturated heterocycles. The quantitative estimate of drug-likeness (QED) is 0.477. The summed E-state index contributed by atoms with van der Waals surface area (Å²) >= 11 is 0. The molecule has 0 aromatic carbocycles. The van der Waals surface area contributed by atoms with Crippen LogP contribution >= 0.6 is 0 Å². The molecule has 0 spiro atoms. The van der Waals surface area contributed by atoms with Gasteiger partial charge in [-0.3, -0.25) is 4.79 Å². The predicted octanol–water partition coefficient (Wildman–Crippen LogP) is 1.66. The summed E-state index contributed by atoms with van der Waals surface area (Å²) < 4.78 is 4.78. The lowest BCUT2D eigenvalue weighted by Crippen LogP contribution is -2.25. The van der Waals surface area contributed by atoms with Crippen LogP contribution in [0.5, 0.6) is 0 Å². The third-order valence-electron chi connectivity index (χ3n) is 2.99. The summed E-state index contributed by atoms with van der Waals surface area (Å²) in [5, 5.41) is 3.24. The predicted molar refractivity (Wildman–Crippen MR) is 70.4 cm³/mol. The Bertz CT molecular complexity index is 242. The van der Waals surface area contributed by atoms with Crippen LogP contribution in [-0.4, -0.2) is 26.2 Å². The molecule has 0 heterocycles. The molecule has 0 fully saturated rings. The molecule has 17 heavy (non-hydrogen) atoms. The van der Waals surface area contributed by atoms with Crippen LogP contribution in [0.4, 0.5) is 0 Å². The van der Waals surface area contributed by atoms with Gasteiger partial charge >= 0.3 is 5.97 Å². The van der Waals surface area contributed by atoms with Crippen molar-refractivity contribution < 1.29 is 9.53 Å². The summed E-state index contributed by atoms with van der Waals surface area (Å²) in [4.78, 5) is 11.5. The summed E-state index contributed by atoms with van der Waals surface area (Å²) in [5.74, 6) is 0.0917. The molecule has 0 aromatic heterocycles. The van der Waals surface area contributed by atoms with Crippen molar-refractivity contribution in [2.75, 3.05) is 20.2 Å². The molecule has 3 N–H and O–H groups in total. The lowest BCUT2D eigenvalue weighted by atomic mass is 9.92. The summed E-state index contributed by atoms with van der Waals surface area (Å²) in [6, 6.07) is 0. The first-order valence-electron chi connectivity index (χ1n) is 6.27. The van der Waals surface area contributed by atoms with E-state index in [9.17, 15) is 4.79 Å². The zero-order valence-corrected chi connectivity index (χ0v) is 11.3. The molecule has 0 bridgehead atoms. The number of hydrogen-bond acceptors (Lipinski definition) is 4. The summed E-state index contributed by atoms with van der Waals surface area (Å²) in [6.45, 7) is 9.58. The van der Waals surface area contributed by atoms with Gasteiger partial charge in [0.25, 0.3) is 0 Å². The maximum Gasteiger partial charge on any atom is 0.308 e. The minimum atomic E-state index is -0.130. The molecule has 0 aliphatic rings. The van der Waals surface area contributed by atoms with E-state index in [0.717, 1.165) is 31.5 Å². The highest BCUT2D eigenvalue weighted by Crippen LogP contribution is 2.20. The second-order valence-corrected chi connectivity index (χ2v) is 4.36. The Balaban J connectivity index is 4.07. The number of esters is 1. The van der Waals surface area contributed by atoms with Crippen LogP contribution in [0.25, 0.3) is 0 Å². The molecule has 0 aliphatic heterocycles. The van der Waals surface area contributed by atoms with E-state index >= 15 is 0 Å². The van der Waals surface area contributed by atoms with Gasteiger partial charge in [-0.1, -0.05) is 20.4 Å². The van der Waals surface area contributed by atoms with E-state index in [2.05, 4.69) is 18.8 Å². The highest BCUT2D eigenvalue weighted by molar-refractivity contribution is 5.72. The van der Waals surface area contributed by atoms with Crippen molar-refractivity contribution in [1.29, 1.82) is 0 Å². The highest BCUT2D eigenvalue weighted by atomic mass is 16.5. The van der Waals surface area contributed by atoms with E-state index in [1.165, 1.54) is 7.11 Å². The van der Waals surface area contributed by atoms with E-state index in [1.54, 1.807) is 0 Å². The Morgan fingerprint density at radius 1 is 1.53 bits per heavy atom. The molecular weight excluding hydrogens is 216 g/mol. The van der Waals surface area contributed by atoms with Gasteiger partial charge in [-0.25, -0.2) is 0 Å². The molecule has 100 valence electrons. The largest absolute Gasteiger partial charge is 0.469 e. The zero-order chi connectivity index (χ0) is 13.3. The minimum Gasteiger partial charge on any atom is -0.469 e. The SMILES string of the molecule is C=C(NCCCN)C(C)CC(CC)C(=O)OC. The molecular formula is C13H26N2O2. The number of carbonyl (C=O) groups is 1. The fraction of sp³-hybridized carbons (Fsp3) is 0.769. The lowest BCUT2D eigenvalue weighted by Gasteiger charge is -2.20. The molecule has 2 atom stereocenters. The number of ether oxygens (including phenoxy) is 1. The lowest BCUT2D eigenvalue weighted by molar-refractivity contribution is -0.146. The fourth-order valence-corrected chi connectivity index (χ4v) is 1.69. The van der Waals surface area contributed by atoms with Crippen molar-refractivity contribution in [2.45, 2.75) is 33.1 Å². The average Bonchev–Trinajstić information content (AvgIpc) is 2.34. The third kappa shape index (κ3) is 6.31. The second-order valence-electron chi connectivity index (χ2n) is 4.36. The van der Waals surface area contributed by atoms with Gasteiger partial charge in [0.05, 0.1) is 13.0 Å². The molecule has 0 aromatic rings. The molecule has 2 unspecified atom stereocenters. The summed E-state index contributed by atoms with van der Waals surface area (Å²) in [5.41, 5.74) is 6.39. The Hall–Kier alpha value is -1.03. The van der Waals surface area contributed by atoms with Crippen LogP contribution in [0, 0.1) is 11.8 Å². The van der Waals surface area contributed by atoms with E-state index < -0.39 is 0 Å². The molecule has 0 amide bonds. The monoisotopic (exact) mass is 242 g/mol. The maximum atomic E-state index is 11.5. The van der Waals surface area contributed by atoms with Crippen molar-refractivity contribution in [2.24, 2.45) is 17.6 Å². The van der Waals surface area contributed by atoms with Gasteiger partial charge in [-0.2, -0.15) is 0 Å². The van der Waals surface area contributed by atoms with Gasteiger partial charge < -0.3 is 15.8 Å². The van der Waals surface area contributed by atoms with Gasteiger partial charge in [-0.05, 0) is 31.7 Å². The van der Waals surface area contributed by atoms with Crippen molar-refractivity contribution in [1.82, 2.24) is 5.32 Å². The summed E-state index contributed by atoms with van der Waals surface area (Å²) in [6.07, 6.45) is 2.50. The van der Waals surface area contributed by atoms with E-state index in [4.69, 9.17) is 10.5 Å². The summed E-state index contributed by atoms with van der Waals surface area (Å²) in [7, 11) is 1.43. The third-order valence-corrected chi connectivity index (χ3v) is 2.99. The Morgan fingerprint density at radius 3 is 2.65 bits per heavy atom. The Kier molecular flexibility index (Phi) is 8.50. The van der Waals surface area contributed by atoms with Crippen LogP contribution in [0.2, 0.25) is 0 Å². The van der Waals surface area contributed by atoms with Gasteiger partial charge in [0.1, 0.15) is 0 Å². The first kappa shape index (κ1) is 16.0. The van der Waals surface area contributed by atoms with Gasteiger partial charge in [0, 0.05) is 12.2 Å². The molecule has 0 rings (SSSR count). The number of methoxy groups -OCH3 is 1. The van der Waals surface area contributed by atoms with Crippen molar-refractivity contribution in [3.8, 4) is 0 Å². The van der Waals surface area contributed by atoms with E-state index in [1.807, 2.05) is 6.92 Å². The maximum absolute atomic E-state index is 11.5. The number of rotatable bonds is 9. The topological polar surface area (TPSA) is 64.3 Å². The van der Waals surface area contributed by atoms with Gasteiger partial charge in [0.2, 0.25) is 0 Å². The van der Waals surface area contributed by atoms with Crippen LogP contribution in [-0.2, 0) is 9.53 Å². The van der Waals surface area contributed by atoms with E-state index in [0.29, 0.717) is 6.54 Å². The van der Waals surface area contributed by atoms with Crippen molar-refractivity contribution in [3.63, 3.8) is 0 Å². The molecule has 0 aliphatic carbocycles. The normalized spacial score (nSPS) is 13.9. The average molecular weight is 242 g/mol. The molecule has 4 heteroatoms. The Labute approximate surface area is 105 Å². The van der Waals surface area contributed by atoms with Crippen LogP contribution in [0.1, 0.15) is 33.1 Å². The van der Waals surface area contributed by atoms with Crippen molar-refractivity contribution in [3.05, 3.63) is 12.3 Å². The number of allylic oxidation sites excluding steroid dienone is 1. The van der Waals surface area contributed by atoms with Crippen LogP contribution < -0.4 is 11.1 Å². The number of nitrogens with two attached hydrogens (primary N) is 1. The number of carbonyl (C=O) groups excluding carboxylic acids is 1. The molecule has 0 saturated carbocycles. The molecule has 4 nitrogen and oxygen atoms in total. The van der Waals surface area contributed by atoms with Gasteiger partial charge in [0.15, 0.2) is 0 Å². The number of hydrogen-bond donors (Lipinski definition) is 2. The van der Waals surface area contributed by atoms with Crippen LogP contribution in [0.3, 0.4) is 0 Å². The van der Waals surface area contributed by atoms with Gasteiger partial charge in [-0.15, -0.1) is 0 Å². The highest BCUT2D eigenvalue weighted by Gasteiger charge is 2.21. The zero-order valence-electron chi connectivity index (χ0n) is 11.3. The van der Waals surface area contributed by atoms with Crippen molar-refractivity contribution >= 4 is 5.97 Å².